The van der Waals surface area contributed by atoms with Gasteiger partial charge in [0, 0.05) is 5.92 Å². The molecule has 1 rings (SSSR count). The van der Waals surface area contributed by atoms with Gasteiger partial charge in [0.15, 0.2) is 0 Å². The van der Waals surface area contributed by atoms with Crippen molar-refractivity contribution in [2.45, 2.75) is 46.5 Å². The van der Waals surface area contributed by atoms with Crippen LogP contribution in [-0.2, 0) is 12.8 Å². The molecule has 0 spiro atoms. The number of allylic oxidation sites excluding steroid dienone is 1. The first-order valence-corrected chi connectivity index (χ1v) is 7.00. The molecule has 18 heavy (non-hydrogen) atoms. The summed E-state index contributed by atoms with van der Waals surface area (Å²) < 4.78 is 0. The monoisotopic (exact) mass is 243 g/mol. The van der Waals surface area contributed by atoms with Crippen LogP contribution in [0.5, 0.6) is 0 Å². The van der Waals surface area contributed by atoms with Crippen LogP contribution in [-0.4, -0.2) is 0 Å². The average molecular weight is 243 g/mol. The van der Waals surface area contributed by atoms with Crippen molar-refractivity contribution in [2.75, 3.05) is 0 Å². The van der Waals surface area contributed by atoms with Gasteiger partial charge in [-0.3, -0.25) is 0 Å². The lowest BCUT2D eigenvalue weighted by Crippen LogP contribution is -2.02. The molecule has 99 valence electrons. The van der Waals surface area contributed by atoms with Gasteiger partial charge >= 0.3 is 0 Å². The molecule has 0 nitrogen and oxygen atoms in total. The quantitative estimate of drug-likeness (QED) is 0.603. The standard InChI is InChI=1S/C18H27/c1-7-15(6)18-11-16(8-13(2)3)10-17(12-18)9-14(4)5/h7,10-15H,1,6,8-9H2,2-5H3. The number of hydrogen-bond acceptors (Lipinski definition) is 0. The van der Waals surface area contributed by atoms with Crippen molar-refractivity contribution in [3.8, 4) is 0 Å². The molecule has 1 aromatic rings. The van der Waals surface area contributed by atoms with Crippen molar-refractivity contribution < 1.29 is 0 Å². The lowest BCUT2D eigenvalue weighted by Gasteiger charge is -2.15. The molecule has 1 atom stereocenters. The van der Waals surface area contributed by atoms with E-state index in [-0.39, 0.29) is 5.92 Å². The predicted octanol–water partition coefficient (Wildman–Crippen LogP) is 5.19. The second-order valence-electron chi connectivity index (χ2n) is 6.12. The third-order valence-corrected chi connectivity index (χ3v) is 3.08. The molecule has 0 amide bonds. The van der Waals surface area contributed by atoms with E-state index >= 15 is 0 Å². The minimum absolute atomic E-state index is 0.197. The van der Waals surface area contributed by atoms with Crippen molar-refractivity contribution in [3.63, 3.8) is 0 Å². The first-order valence-electron chi connectivity index (χ1n) is 7.00. The Morgan fingerprint density at radius 2 is 1.39 bits per heavy atom. The van der Waals surface area contributed by atoms with Gasteiger partial charge in [-0.25, -0.2) is 0 Å². The molecule has 1 unspecified atom stereocenters. The second-order valence-corrected chi connectivity index (χ2v) is 6.12. The summed E-state index contributed by atoms with van der Waals surface area (Å²) in [4.78, 5) is 0. The van der Waals surface area contributed by atoms with Crippen molar-refractivity contribution >= 4 is 0 Å². The van der Waals surface area contributed by atoms with E-state index in [1.807, 2.05) is 6.08 Å². The second kappa shape index (κ2) is 6.78. The molecule has 0 N–H and O–H groups in total. The molecular weight excluding hydrogens is 216 g/mol. The van der Waals surface area contributed by atoms with Crippen LogP contribution >= 0.6 is 0 Å². The molecule has 1 radical (unpaired) electrons. The largest absolute Gasteiger partial charge is 0.102 e. The zero-order valence-electron chi connectivity index (χ0n) is 12.4. The molecule has 0 saturated carbocycles. The smallest absolute Gasteiger partial charge is 0.00158 e. The van der Waals surface area contributed by atoms with E-state index in [1.54, 1.807) is 0 Å². The van der Waals surface area contributed by atoms with E-state index in [0.717, 1.165) is 12.8 Å². The van der Waals surface area contributed by atoms with Crippen molar-refractivity contribution in [1.29, 1.82) is 0 Å². The Hall–Kier alpha value is -1.04. The van der Waals surface area contributed by atoms with Crippen LogP contribution in [0.2, 0.25) is 0 Å². The lowest BCUT2D eigenvalue weighted by atomic mass is 9.90. The van der Waals surface area contributed by atoms with Crippen LogP contribution in [0.4, 0.5) is 0 Å². The maximum absolute atomic E-state index is 4.15. The van der Waals surface area contributed by atoms with Gasteiger partial charge in [-0.2, -0.15) is 0 Å². The highest BCUT2D eigenvalue weighted by molar-refractivity contribution is 5.35. The molecule has 0 aliphatic heterocycles. The molecule has 0 aromatic heterocycles. The van der Waals surface area contributed by atoms with Gasteiger partial charge in [-0.1, -0.05) is 52.0 Å². The predicted molar refractivity (Wildman–Crippen MR) is 81.8 cm³/mol. The Morgan fingerprint density at radius 1 is 0.944 bits per heavy atom. The fraction of sp³-hybridized carbons (Fsp3) is 0.500. The van der Waals surface area contributed by atoms with Gasteiger partial charge < -0.3 is 0 Å². The Labute approximate surface area is 113 Å². The summed E-state index contributed by atoms with van der Waals surface area (Å²) in [5, 5.41) is 0. The molecule has 1 aromatic carbocycles. The molecule has 0 heterocycles. The maximum Gasteiger partial charge on any atom is 0.00158 e. The maximum atomic E-state index is 4.15. The average Bonchev–Trinajstić information content (AvgIpc) is 2.25. The van der Waals surface area contributed by atoms with Gasteiger partial charge in [0.05, 0.1) is 0 Å². The summed E-state index contributed by atoms with van der Waals surface area (Å²) in [6.07, 6.45) is 4.21. The molecule has 0 aliphatic rings. The van der Waals surface area contributed by atoms with E-state index in [4.69, 9.17) is 0 Å². The number of benzene rings is 1. The molecule has 0 heteroatoms. The first-order chi connectivity index (χ1) is 8.42. The molecular formula is C18H27. The van der Waals surface area contributed by atoms with Crippen LogP contribution in [0.15, 0.2) is 30.9 Å². The molecule has 0 bridgehead atoms. The summed E-state index contributed by atoms with van der Waals surface area (Å²) in [6, 6.07) is 6.95. The van der Waals surface area contributed by atoms with Gasteiger partial charge in [-0.05, 0) is 48.3 Å². The van der Waals surface area contributed by atoms with Gasteiger partial charge in [-0.15, -0.1) is 6.58 Å². The third-order valence-electron chi connectivity index (χ3n) is 3.08. The van der Waals surface area contributed by atoms with E-state index in [1.165, 1.54) is 16.7 Å². The van der Waals surface area contributed by atoms with Crippen LogP contribution < -0.4 is 0 Å². The van der Waals surface area contributed by atoms with Gasteiger partial charge in [0.25, 0.3) is 0 Å². The lowest BCUT2D eigenvalue weighted by molar-refractivity contribution is 0.635. The minimum Gasteiger partial charge on any atom is -0.102 e. The normalized spacial score (nSPS) is 13.1. The Morgan fingerprint density at radius 3 is 1.72 bits per heavy atom. The van der Waals surface area contributed by atoms with Gasteiger partial charge in [0.1, 0.15) is 0 Å². The summed E-state index contributed by atoms with van der Waals surface area (Å²) in [6.45, 7) is 17.1. The van der Waals surface area contributed by atoms with E-state index in [2.05, 4.69) is 59.4 Å². The van der Waals surface area contributed by atoms with Crippen LogP contribution in [0, 0.1) is 18.8 Å². The fourth-order valence-corrected chi connectivity index (χ4v) is 2.32. The molecule has 0 fully saturated rings. The SMILES string of the molecule is [CH2]C(C=C)c1cc(CC(C)C)cc(CC(C)C)c1. The first kappa shape index (κ1) is 15.0. The fourth-order valence-electron chi connectivity index (χ4n) is 2.32. The van der Waals surface area contributed by atoms with Gasteiger partial charge in [0.2, 0.25) is 0 Å². The Kier molecular flexibility index (Phi) is 5.65. The highest BCUT2D eigenvalue weighted by Crippen LogP contribution is 2.23. The Bertz CT molecular complexity index is 357. The Balaban J connectivity index is 3.06. The number of hydrogen-bond donors (Lipinski definition) is 0. The summed E-state index contributed by atoms with van der Waals surface area (Å²) >= 11 is 0. The summed E-state index contributed by atoms with van der Waals surface area (Å²) in [7, 11) is 0. The number of rotatable bonds is 6. The minimum atomic E-state index is 0.197. The summed E-state index contributed by atoms with van der Waals surface area (Å²) in [5.74, 6) is 1.58. The highest BCUT2D eigenvalue weighted by Gasteiger charge is 2.08. The van der Waals surface area contributed by atoms with E-state index in [0.29, 0.717) is 11.8 Å². The molecule has 0 saturated heterocycles. The van der Waals surface area contributed by atoms with E-state index in [9.17, 15) is 0 Å². The zero-order chi connectivity index (χ0) is 13.7. The summed E-state index contributed by atoms with van der Waals surface area (Å²) in [5.41, 5.74) is 4.18. The highest BCUT2D eigenvalue weighted by atomic mass is 14.1. The van der Waals surface area contributed by atoms with E-state index < -0.39 is 0 Å². The van der Waals surface area contributed by atoms with Crippen LogP contribution in [0.3, 0.4) is 0 Å². The topological polar surface area (TPSA) is 0 Å². The molecule has 0 aliphatic carbocycles. The third kappa shape index (κ3) is 4.68. The zero-order valence-corrected chi connectivity index (χ0v) is 12.4. The van der Waals surface area contributed by atoms with Crippen LogP contribution in [0.25, 0.3) is 0 Å². The van der Waals surface area contributed by atoms with Crippen molar-refractivity contribution in [3.05, 3.63) is 54.5 Å². The van der Waals surface area contributed by atoms with Crippen molar-refractivity contribution in [1.82, 2.24) is 0 Å². The van der Waals surface area contributed by atoms with Crippen molar-refractivity contribution in [2.24, 2.45) is 11.8 Å². The van der Waals surface area contributed by atoms with Crippen LogP contribution in [0.1, 0.15) is 50.3 Å².